The van der Waals surface area contributed by atoms with Crippen molar-refractivity contribution in [1.29, 1.82) is 0 Å². The Morgan fingerprint density at radius 1 is 0.806 bits per heavy atom. The summed E-state index contributed by atoms with van der Waals surface area (Å²) in [5.74, 6) is -1.31. The Morgan fingerprint density at radius 2 is 1.42 bits per heavy atom. The molecule has 4 aromatic rings. The fourth-order valence-electron chi connectivity index (χ4n) is 3.81. The molecule has 0 radical (unpaired) electrons. The van der Waals surface area contributed by atoms with Gasteiger partial charge >= 0.3 is 5.97 Å². The smallest absolute Gasteiger partial charge is 0.329 e. The number of esters is 1. The molecule has 1 heterocycles. The van der Waals surface area contributed by atoms with E-state index >= 15 is 0 Å². The number of rotatable bonds is 6. The number of amides is 1. The van der Waals surface area contributed by atoms with Crippen LogP contribution in [0.4, 0.5) is 0 Å². The SMILES string of the molecule is COC(=O)[C@H](NC(=O)c1cccc2cccnc12)C(c1ccccc1)c1ccccc1. The second-order valence-corrected chi connectivity index (χ2v) is 7.15. The number of pyridine rings is 1. The number of carbonyl (C=O) groups excluding carboxylic acids is 2. The fourth-order valence-corrected chi connectivity index (χ4v) is 3.81. The van der Waals surface area contributed by atoms with Crippen LogP contribution in [0.15, 0.2) is 97.2 Å². The van der Waals surface area contributed by atoms with Crippen LogP contribution in [0, 0.1) is 0 Å². The van der Waals surface area contributed by atoms with E-state index in [4.69, 9.17) is 4.74 Å². The van der Waals surface area contributed by atoms with Gasteiger partial charge in [-0.3, -0.25) is 9.78 Å². The first kappa shape index (κ1) is 20.3. The number of methoxy groups -OCH3 is 1. The van der Waals surface area contributed by atoms with Gasteiger partial charge < -0.3 is 10.1 Å². The first-order chi connectivity index (χ1) is 15.2. The lowest BCUT2D eigenvalue weighted by Crippen LogP contribution is -2.46. The van der Waals surface area contributed by atoms with Gasteiger partial charge in [0.25, 0.3) is 5.91 Å². The molecule has 0 aliphatic heterocycles. The van der Waals surface area contributed by atoms with Crippen molar-refractivity contribution in [2.45, 2.75) is 12.0 Å². The summed E-state index contributed by atoms with van der Waals surface area (Å²) in [5, 5.41) is 3.77. The molecule has 0 saturated carbocycles. The molecule has 0 saturated heterocycles. The van der Waals surface area contributed by atoms with Crippen LogP contribution in [0.1, 0.15) is 27.4 Å². The Bertz CT molecular complexity index is 1150. The third-order valence-corrected chi connectivity index (χ3v) is 5.27. The van der Waals surface area contributed by atoms with Gasteiger partial charge in [-0.2, -0.15) is 0 Å². The van der Waals surface area contributed by atoms with Gasteiger partial charge in [-0.15, -0.1) is 0 Å². The third-order valence-electron chi connectivity index (χ3n) is 5.27. The summed E-state index contributed by atoms with van der Waals surface area (Å²) >= 11 is 0. The number of hydrogen-bond donors (Lipinski definition) is 1. The van der Waals surface area contributed by atoms with E-state index in [0.717, 1.165) is 16.5 Å². The molecule has 1 amide bonds. The Hall–Kier alpha value is -3.99. The van der Waals surface area contributed by atoms with Crippen LogP contribution in [0.5, 0.6) is 0 Å². The predicted molar refractivity (Wildman–Crippen MR) is 120 cm³/mol. The second kappa shape index (κ2) is 9.22. The molecule has 3 aromatic carbocycles. The van der Waals surface area contributed by atoms with E-state index in [1.165, 1.54) is 7.11 Å². The highest BCUT2D eigenvalue weighted by molar-refractivity contribution is 6.06. The number of ether oxygens (including phenoxy) is 1. The normalized spacial score (nSPS) is 11.8. The summed E-state index contributed by atoms with van der Waals surface area (Å²) in [6.45, 7) is 0. The van der Waals surface area contributed by atoms with E-state index in [1.807, 2.05) is 78.9 Å². The average molecular weight is 410 g/mol. The Kier molecular flexibility index (Phi) is 6.03. The number of para-hydroxylation sites is 1. The van der Waals surface area contributed by atoms with Gasteiger partial charge in [-0.05, 0) is 23.3 Å². The molecule has 5 heteroatoms. The quantitative estimate of drug-likeness (QED) is 0.480. The van der Waals surface area contributed by atoms with E-state index < -0.39 is 17.9 Å². The zero-order valence-electron chi connectivity index (χ0n) is 17.1. The van der Waals surface area contributed by atoms with Crippen molar-refractivity contribution in [3.05, 3.63) is 114 Å². The van der Waals surface area contributed by atoms with Crippen LogP contribution in [-0.4, -0.2) is 30.0 Å². The molecule has 0 unspecified atom stereocenters. The molecule has 5 nitrogen and oxygen atoms in total. The number of benzene rings is 3. The van der Waals surface area contributed by atoms with Crippen molar-refractivity contribution < 1.29 is 14.3 Å². The first-order valence-corrected chi connectivity index (χ1v) is 10.0. The van der Waals surface area contributed by atoms with Crippen molar-refractivity contribution in [3.63, 3.8) is 0 Å². The van der Waals surface area contributed by atoms with Gasteiger partial charge in [0.15, 0.2) is 0 Å². The zero-order chi connectivity index (χ0) is 21.6. The van der Waals surface area contributed by atoms with Crippen LogP contribution in [0.25, 0.3) is 10.9 Å². The maximum Gasteiger partial charge on any atom is 0.329 e. The zero-order valence-corrected chi connectivity index (χ0v) is 17.1. The van der Waals surface area contributed by atoms with Crippen molar-refractivity contribution in [2.24, 2.45) is 0 Å². The lowest BCUT2D eigenvalue weighted by atomic mass is 9.84. The summed E-state index contributed by atoms with van der Waals surface area (Å²) in [4.78, 5) is 30.5. The predicted octanol–water partition coefficient (Wildman–Crippen LogP) is 4.34. The van der Waals surface area contributed by atoms with Gasteiger partial charge in [-0.25, -0.2) is 4.79 Å². The second-order valence-electron chi connectivity index (χ2n) is 7.15. The summed E-state index contributed by atoms with van der Waals surface area (Å²) in [5.41, 5.74) is 2.80. The molecule has 31 heavy (non-hydrogen) atoms. The molecule has 0 fully saturated rings. The summed E-state index contributed by atoms with van der Waals surface area (Å²) in [7, 11) is 1.33. The van der Waals surface area contributed by atoms with Crippen molar-refractivity contribution in [2.75, 3.05) is 7.11 Å². The molecule has 0 bridgehead atoms. The average Bonchev–Trinajstić information content (AvgIpc) is 2.84. The number of fused-ring (bicyclic) bond motifs is 1. The number of carbonyl (C=O) groups is 2. The Morgan fingerprint density at radius 3 is 2.03 bits per heavy atom. The van der Waals surface area contributed by atoms with E-state index in [-0.39, 0.29) is 5.91 Å². The van der Waals surface area contributed by atoms with Crippen molar-refractivity contribution in [1.82, 2.24) is 10.3 Å². The highest BCUT2D eigenvalue weighted by Gasteiger charge is 2.33. The fraction of sp³-hybridized carbons (Fsp3) is 0.115. The third kappa shape index (κ3) is 4.31. The highest BCUT2D eigenvalue weighted by Crippen LogP contribution is 2.29. The largest absolute Gasteiger partial charge is 0.467 e. The van der Waals surface area contributed by atoms with Crippen molar-refractivity contribution in [3.8, 4) is 0 Å². The van der Waals surface area contributed by atoms with Gasteiger partial charge in [0.1, 0.15) is 6.04 Å². The number of aromatic nitrogens is 1. The number of hydrogen-bond acceptors (Lipinski definition) is 4. The maximum atomic E-state index is 13.3. The maximum absolute atomic E-state index is 13.3. The van der Waals surface area contributed by atoms with Gasteiger partial charge in [-0.1, -0.05) is 78.9 Å². The van der Waals surface area contributed by atoms with Crippen LogP contribution in [-0.2, 0) is 9.53 Å². The lowest BCUT2D eigenvalue weighted by Gasteiger charge is -2.27. The Labute approximate surface area is 180 Å². The number of nitrogens with zero attached hydrogens (tertiary/aromatic N) is 1. The van der Waals surface area contributed by atoms with E-state index in [9.17, 15) is 9.59 Å². The minimum absolute atomic E-state index is 0.378. The summed E-state index contributed by atoms with van der Waals surface area (Å²) in [6.07, 6.45) is 1.65. The minimum atomic E-state index is -0.915. The van der Waals surface area contributed by atoms with E-state index in [2.05, 4.69) is 10.3 Å². The molecular formula is C26H22N2O3. The highest BCUT2D eigenvalue weighted by atomic mass is 16.5. The first-order valence-electron chi connectivity index (χ1n) is 10.0. The van der Waals surface area contributed by atoms with Gasteiger partial charge in [0.05, 0.1) is 18.2 Å². The van der Waals surface area contributed by atoms with E-state index in [0.29, 0.717) is 11.1 Å². The van der Waals surface area contributed by atoms with Crippen LogP contribution in [0.2, 0.25) is 0 Å². The van der Waals surface area contributed by atoms with Crippen molar-refractivity contribution >= 4 is 22.8 Å². The molecule has 4 rings (SSSR count). The van der Waals surface area contributed by atoms with Gasteiger partial charge in [0.2, 0.25) is 0 Å². The summed E-state index contributed by atoms with van der Waals surface area (Å²) in [6, 6.07) is 27.5. The Balaban J connectivity index is 1.77. The molecule has 154 valence electrons. The van der Waals surface area contributed by atoms with E-state index in [1.54, 1.807) is 18.3 Å². The van der Waals surface area contributed by atoms with Crippen LogP contribution < -0.4 is 5.32 Å². The molecule has 0 spiro atoms. The topological polar surface area (TPSA) is 68.3 Å². The molecular weight excluding hydrogens is 388 g/mol. The minimum Gasteiger partial charge on any atom is -0.467 e. The lowest BCUT2D eigenvalue weighted by molar-refractivity contribution is -0.143. The molecule has 1 N–H and O–H groups in total. The molecule has 0 aliphatic rings. The molecule has 1 aromatic heterocycles. The standard InChI is InChI=1S/C26H22N2O3/c1-31-26(30)24(22(18-10-4-2-5-11-18)19-12-6-3-7-13-19)28-25(29)21-16-8-14-20-15-9-17-27-23(20)21/h2-17,22,24H,1H3,(H,28,29)/t24-/m1/s1. The number of nitrogens with one attached hydrogen (secondary N) is 1. The van der Waals surface area contributed by atoms with Crippen LogP contribution >= 0.6 is 0 Å². The molecule has 0 aliphatic carbocycles. The monoisotopic (exact) mass is 410 g/mol. The van der Waals surface area contributed by atoms with Crippen LogP contribution in [0.3, 0.4) is 0 Å². The summed E-state index contributed by atoms with van der Waals surface area (Å²) < 4.78 is 5.09. The van der Waals surface area contributed by atoms with Gasteiger partial charge in [0, 0.05) is 17.5 Å². The molecule has 1 atom stereocenters.